The van der Waals surface area contributed by atoms with Crippen LogP contribution in [0.3, 0.4) is 0 Å². The fourth-order valence-electron chi connectivity index (χ4n) is 1.83. The molecule has 0 atom stereocenters. The number of benzene rings is 2. The number of hydrogen-bond donors (Lipinski definition) is 0. The van der Waals surface area contributed by atoms with Gasteiger partial charge in [-0.1, -0.05) is 30.3 Å². The van der Waals surface area contributed by atoms with E-state index in [2.05, 4.69) is 4.98 Å². The molecule has 2 rings (SSSR count). The molecule has 4 nitrogen and oxygen atoms in total. The van der Waals surface area contributed by atoms with Crippen LogP contribution in [0.25, 0.3) is 16.1 Å². The highest BCUT2D eigenvalue weighted by Gasteiger charge is 2.22. The molecule has 0 radical (unpaired) electrons. The molecule has 2 aromatic carbocycles. The van der Waals surface area contributed by atoms with Crippen LogP contribution in [-0.4, -0.2) is 14.2 Å². The fraction of sp³-hybridized carbons (Fsp3) is 0.143. The Morgan fingerprint density at radius 1 is 1.00 bits per heavy atom. The lowest BCUT2D eigenvalue weighted by molar-refractivity contribution is 0.406. The van der Waals surface area contributed by atoms with Crippen LogP contribution in [0.5, 0.6) is 11.5 Å². The molecule has 90 valence electrons. The van der Waals surface area contributed by atoms with Gasteiger partial charge >= 0.3 is 5.69 Å². The summed E-state index contributed by atoms with van der Waals surface area (Å²) >= 11 is 0. The van der Waals surface area contributed by atoms with Gasteiger partial charge in [0.15, 0.2) is 4.98 Å². The number of nitrogens with zero attached hydrogens (tertiary/aromatic N) is 2. The summed E-state index contributed by atoms with van der Waals surface area (Å²) in [5, 5.41) is 9.03. The summed E-state index contributed by atoms with van der Waals surface area (Å²) in [6, 6.07) is 13.2. The molecule has 0 aliphatic heterocycles. The van der Waals surface area contributed by atoms with Crippen molar-refractivity contribution in [1.29, 1.82) is 5.39 Å². The molecule has 0 N–H and O–H groups in total. The van der Waals surface area contributed by atoms with Crippen LogP contribution in [0.2, 0.25) is 0 Å². The molecule has 0 aliphatic rings. The zero-order chi connectivity index (χ0) is 13.0. The molecule has 0 bridgehead atoms. The molecular weight excluding hydrogens is 228 g/mol. The van der Waals surface area contributed by atoms with Crippen LogP contribution in [0.4, 0.5) is 5.69 Å². The van der Waals surface area contributed by atoms with E-state index in [1.54, 1.807) is 20.3 Å². The van der Waals surface area contributed by atoms with E-state index < -0.39 is 0 Å². The highest BCUT2D eigenvalue weighted by Crippen LogP contribution is 2.41. The third-order valence-corrected chi connectivity index (χ3v) is 2.68. The second kappa shape index (κ2) is 5.19. The zero-order valence-electron chi connectivity index (χ0n) is 10.3. The first-order chi connectivity index (χ1) is 8.80. The van der Waals surface area contributed by atoms with Gasteiger partial charge in [0, 0.05) is 5.56 Å². The Balaban J connectivity index is 2.69. The van der Waals surface area contributed by atoms with E-state index in [-0.39, 0.29) is 0 Å². The number of ether oxygens (including phenoxy) is 2. The van der Waals surface area contributed by atoms with E-state index in [4.69, 9.17) is 14.9 Å². The molecule has 0 aliphatic carbocycles. The van der Waals surface area contributed by atoms with Gasteiger partial charge in [0.25, 0.3) is 0 Å². The lowest BCUT2D eigenvalue weighted by atomic mass is 10.0. The van der Waals surface area contributed by atoms with Gasteiger partial charge in [-0.25, -0.2) is 0 Å². The van der Waals surface area contributed by atoms with Crippen molar-refractivity contribution in [2.24, 2.45) is 0 Å². The molecular formula is C14H13N2O2+. The van der Waals surface area contributed by atoms with E-state index in [1.165, 1.54) is 0 Å². The minimum absolute atomic E-state index is 0.343. The van der Waals surface area contributed by atoms with Crippen molar-refractivity contribution in [1.82, 2.24) is 0 Å². The van der Waals surface area contributed by atoms with Gasteiger partial charge < -0.3 is 9.47 Å². The van der Waals surface area contributed by atoms with E-state index in [1.807, 2.05) is 36.4 Å². The molecule has 0 amide bonds. The average molecular weight is 241 g/mol. The standard InChI is InChI=1S/C14H13N2O2/c1-17-11-8-12(10-6-4-3-5-7-10)14(18-2)13(9-11)16-15/h3-9H,1-2H3/q+1. The molecule has 18 heavy (non-hydrogen) atoms. The van der Waals surface area contributed by atoms with Crippen molar-refractivity contribution in [3.8, 4) is 22.6 Å². The third kappa shape index (κ3) is 2.11. The lowest BCUT2D eigenvalue weighted by Gasteiger charge is -2.08. The first kappa shape index (κ1) is 11.9. The monoisotopic (exact) mass is 241 g/mol. The van der Waals surface area contributed by atoms with Crippen molar-refractivity contribution in [2.45, 2.75) is 0 Å². The Labute approximate surface area is 105 Å². The van der Waals surface area contributed by atoms with Crippen LogP contribution in [0.1, 0.15) is 0 Å². The first-order valence-electron chi connectivity index (χ1n) is 5.46. The van der Waals surface area contributed by atoms with Crippen LogP contribution in [-0.2, 0) is 0 Å². The largest absolute Gasteiger partial charge is 0.496 e. The maximum Gasteiger partial charge on any atom is 0.430 e. The second-order valence-electron chi connectivity index (χ2n) is 3.69. The van der Waals surface area contributed by atoms with Gasteiger partial charge in [-0.2, -0.15) is 0 Å². The minimum Gasteiger partial charge on any atom is -0.496 e. The van der Waals surface area contributed by atoms with Crippen molar-refractivity contribution in [2.75, 3.05) is 14.2 Å². The van der Waals surface area contributed by atoms with E-state index in [9.17, 15) is 0 Å². The summed E-state index contributed by atoms with van der Waals surface area (Å²) in [4.78, 5) is 3.23. The van der Waals surface area contributed by atoms with Crippen molar-refractivity contribution < 1.29 is 9.47 Å². The quantitative estimate of drug-likeness (QED) is 0.766. The van der Waals surface area contributed by atoms with Crippen molar-refractivity contribution in [3.05, 3.63) is 47.4 Å². The van der Waals surface area contributed by atoms with Crippen molar-refractivity contribution >= 4 is 5.69 Å². The van der Waals surface area contributed by atoms with E-state index >= 15 is 0 Å². The van der Waals surface area contributed by atoms with Crippen LogP contribution >= 0.6 is 0 Å². The maximum absolute atomic E-state index is 9.03. The average Bonchev–Trinajstić information content (AvgIpc) is 2.46. The maximum atomic E-state index is 9.03. The van der Waals surface area contributed by atoms with Crippen LogP contribution in [0, 0.1) is 5.39 Å². The van der Waals surface area contributed by atoms with Gasteiger partial charge in [-0.05, 0) is 11.6 Å². The topological polar surface area (TPSA) is 46.6 Å². The number of diazo groups is 1. The molecule has 0 saturated heterocycles. The zero-order valence-corrected chi connectivity index (χ0v) is 10.3. The highest BCUT2D eigenvalue weighted by molar-refractivity contribution is 5.80. The van der Waals surface area contributed by atoms with E-state index in [0.717, 1.165) is 11.1 Å². The molecule has 4 heteroatoms. The normalized spacial score (nSPS) is 9.61. The van der Waals surface area contributed by atoms with Gasteiger partial charge in [0.2, 0.25) is 11.1 Å². The Morgan fingerprint density at radius 3 is 2.28 bits per heavy atom. The Hall–Kier alpha value is -2.54. The van der Waals surface area contributed by atoms with Gasteiger partial charge in [-0.3, -0.25) is 0 Å². The van der Waals surface area contributed by atoms with Crippen LogP contribution < -0.4 is 9.47 Å². The molecule has 0 unspecified atom stereocenters. The smallest absolute Gasteiger partial charge is 0.430 e. The minimum atomic E-state index is 0.343. The predicted molar refractivity (Wildman–Crippen MR) is 69.7 cm³/mol. The number of methoxy groups -OCH3 is 2. The molecule has 0 aromatic heterocycles. The summed E-state index contributed by atoms with van der Waals surface area (Å²) < 4.78 is 10.5. The molecule has 0 heterocycles. The number of rotatable bonds is 3. The third-order valence-electron chi connectivity index (χ3n) is 2.68. The molecule has 0 saturated carbocycles. The highest BCUT2D eigenvalue weighted by atomic mass is 16.5. The summed E-state index contributed by atoms with van der Waals surface area (Å²) in [7, 11) is 3.11. The Morgan fingerprint density at radius 2 is 1.72 bits per heavy atom. The summed E-state index contributed by atoms with van der Waals surface area (Å²) in [6.07, 6.45) is 0. The van der Waals surface area contributed by atoms with Crippen LogP contribution in [0.15, 0.2) is 42.5 Å². The van der Waals surface area contributed by atoms with E-state index in [0.29, 0.717) is 17.2 Å². The second-order valence-corrected chi connectivity index (χ2v) is 3.69. The van der Waals surface area contributed by atoms with Crippen molar-refractivity contribution in [3.63, 3.8) is 0 Å². The first-order valence-corrected chi connectivity index (χ1v) is 5.46. The molecule has 0 spiro atoms. The SMILES string of the molecule is COc1cc([N+]#N)c(OC)c(-c2ccccc2)c1. The Kier molecular flexibility index (Phi) is 3.44. The number of hydrogen-bond acceptors (Lipinski definition) is 3. The molecule has 2 aromatic rings. The summed E-state index contributed by atoms with van der Waals surface area (Å²) in [6.45, 7) is 0. The molecule has 0 fully saturated rings. The Bertz CT molecular complexity index is 589. The summed E-state index contributed by atoms with van der Waals surface area (Å²) in [5.41, 5.74) is 2.14. The van der Waals surface area contributed by atoms with Gasteiger partial charge in [0.05, 0.1) is 20.3 Å². The summed E-state index contributed by atoms with van der Waals surface area (Å²) in [5.74, 6) is 1.13. The van der Waals surface area contributed by atoms with Gasteiger partial charge in [-0.15, -0.1) is 0 Å². The lowest BCUT2D eigenvalue weighted by Crippen LogP contribution is -1.91. The fourth-order valence-corrected chi connectivity index (χ4v) is 1.83. The van der Waals surface area contributed by atoms with Gasteiger partial charge in [0.1, 0.15) is 5.75 Å². The predicted octanol–water partition coefficient (Wildman–Crippen LogP) is 3.86.